The van der Waals surface area contributed by atoms with Gasteiger partial charge in [0.15, 0.2) is 0 Å². The molecule has 3 unspecified atom stereocenters. The van der Waals surface area contributed by atoms with E-state index in [1.54, 1.807) is 0 Å². The highest BCUT2D eigenvalue weighted by molar-refractivity contribution is 4.94. The van der Waals surface area contributed by atoms with E-state index in [0.29, 0.717) is 5.41 Å². The summed E-state index contributed by atoms with van der Waals surface area (Å²) in [6, 6.07) is 0. The van der Waals surface area contributed by atoms with Crippen molar-refractivity contribution in [2.75, 3.05) is 0 Å². The van der Waals surface area contributed by atoms with Crippen LogP contribution in [0.15, 0.2) is 11.6 Å². The van der Waals surface area contributed by atoms with Gasteiger partial charge < -0.3 is 0 Å². The van der Waals surface area contributed by atoms with Crippen LogP contribution in [0.2, 0.25) is 0 Å². The summed E-state index contributed by atoms with van der Waals surface area (Å²) in [4.78, 5) is 0. The van der Waals surface area contributed by atoms with Crippen molar-refractivity contribution in [3.63, 3.8) is 0 Å². The molecule has 108 valence electrons. The van der Waals surface area contributed by atoms with Crippen molar-refractivity contribution < 1.29 is 0 Å². The van der Waals surface area contributed by atoms with E-state index in [1.165, 1.54) is 18.4 Å². The molecule has 0 N–H and O–H groups in total. The van der Waals surface area contributed by atoms with E-state index >= 15 is 0 Å². The fraction of sp³-hybridized carbons (Fsp3) is 0.889. The average molecular weight is 252 g/mol. The molecule has 0 heterocycles. The lowest BCUT2D eigenvalue weighted by atomic mass is 9.66. The molecule has 0 saturated carbocycles. The summed E-state index contributed by atoms with van der Waals surface area (Å²) < 4.78 is 0. The summed E-state index contributed by atoms with van der Waals surface area (Å²) in [5.74, 6) is 3.16. The highest BCUT2D eigenvalue weighted by Crippen LogP contribution is 2.40. The summed E-state index contributed by atoms with van der Waals surface area (Å²) in [6.45, 7) is 21.3. The Balaban J connectivity index is 4.49. The molecule has 3 atom stereocenters. The van der Waals surface area contributed by atoms with E-state index in [2.05, 4.69) is 68.4 Å². The number of hydrogen-bond donors (Lipinski definition) is 0. The van der Waals surface area contributed by atoms with E-state index in [9.17, 15) is 0 Å². The molecule has 0 aromatic rings. The summed E-state index contributed by atoms with van der Waals surface area (Å²) in [6.07, 6.45) is 4.95. The maximum absolute atomic E-state index is 2.45. The highest BCUT2D eigenvalue weighted by Gasteiger charge is 2.32. The molecule has 0 bridgehead atoms. The molecule has 0 amide bonds. The second-order valence-electron chi connectivity index (χ2n) is 7.71. The Morgan fingerprint density at radius 2 is 1.50 bits per heavy atom. The van der Waals surface area contributed by atoms with Gasteiger partial charge in [0.1, 0.15) is 0 Å². The molecule has 0 aliphatic rings. The molecular formula is C18H36. The van der Waals surface area contributed by atoms with E-state index in [4.69, 9.17) is 0 Å². The Kier molecular flexibility index (Phi) is 7.25. The number of hydrogen-bond acceptors (Lipinski definition) is 0. The second kappa shape index (κ2) is 7.36. The first-order valence-electron chi connectivity index (χ1n) is 7.71. The Morgan fingerprint density at radius 3 is 1.89 bits per heavy atom. The molecule has 0 spiro atoms. The predicted molar refractivity (Wildman–Crippen MR) is 84.8 cm³/mol. The molecule has 0 fully saturated rings. The van der Waals surface area contributed by atoms with Gasteiger partial charge in [-0.3, -0.25) is 0 Å². The number of rotatable bonds is 7. The third-order valence-electron chi connectivity index (χ3n) is 4.88. The van der Waals surface area contributed by atoms with Crippen LogP contribution in [-0.4, -0.2) is 0 Å². The molecule has 0 saturated heterocycles. The van der Waals surface area contributed by atoms with Crippen LogP contribution < -0.4 is 0 Å². The van der Waals surface area contributed by atoms with E-state index in [1.807, 2.05) is 0 Å². The Bertz CT molecular complexity index is 253. The van der Waals surface area contributed by atoms with Crippen LogP contribution in [0.3, 0.4) is 0 Å². The largest absolute Gasteiger partial charge is 0.0856 e. The van der Waals surface area contributed by atoms with Crippen LogP contribution in [0.4, 0.5) is 0 Å². The van der Waals surface area contributed by atoms with Gasteiger partial charge in [0, 0.05) is 0 Å². The topological polar surface area (TPSA) is 0 Å². The normalized spacial score (nSPS) is 17.4. The van der Waals surface area contributed by atoms with Crippen LogP contribution in [0.5, 0.6) is 0 Å². The zero-order valence-corrected chi connectivity index (χ0v) is 14.3. The van der Waals surface area contributed by atoms with Crippen molar-refractivity contribution in [3.05, 3.63) is 11.6 Å². The molecule has 0 aromatic heterocycles. The molecular weight excluding hydrogens is 216 g/mol. The predicted octanol–water partition coefficient (Wildman–Crippen LogP) is 6.32. The first-order valence-corrected chi connectivity index (χ1v) is 7.71. The summed E-state index contributed by atoms with van der Waals surface area (Å²) in [5, 5.41) is 0. The summed E-state index contributed by atoms with van der Waals surface area (Å²) >= 11 is 0. The van der Waals surface area contributed by atoms with Gasteiger partial charge in [-0.2, -0.15) is 0 Å². The third-order valence-corrected chi connectivity index (χ3v) is 4.88. The first kappa shape index (κ1) is 17.7. The van der Waals surface area contributed by atoms with Gasteiger partial charge in [-0.05, 0) is 55.8 Å². The van der Waals surface area contributed by atoms with E-state index in [-0.39, 0.29) is 0 Å². The van der Waals surface area contributed by atoms with Gasteiger partial charge in [0.05, 0.1) is 0 Å². The molecule has 0 heteroatoms. The van der Waals surface area contributed by atoms with Crippen LogP contribution in [0.1, 0.15) is 75.2 Å². The zero-order valence-electron chi connectivity index (χ0n) is 14.3. The van der Waals surface area contributed by atoms with Crippen molar-refractivity contribution in [2.24, 2.45) is 29.1 Å². The average Bonchev–Trinajstić information content (AvgIpc) is 2.23. The minimum Gasteiger partial charge on any atom is -0.0856 e. The summed E-state index contributed by atoms with van der Waals surface area (Å²) in [5.41, 5.74) is 1.89. The Labute approximate surface area is 116 Å². The van der Waals surface area contributed by atoms with Gasteiger partial charge in [-0.15, -0.1) is 0 Å². The maximum atomic E-state index is 2.45. The van der Waals surface area contributed by atoms with Crippen molar-refractivity contribution in [1.82, 2.24) is 0 Å². The van der Waals surface area contributed by atoms with Crippen LogP contribution in [0, 0.1) is 29.1 Å². The quantitative estimate of drug-likeness (QED) is 0.465. The second-order valence-corrected chi connectivity index (χ2v) is 7.71. The van der Waals surface area contributed by atoms with Crippen molar-refractivity contribution in [3.8, 4) is 0 Å². The maximum Gasteiger partial charge on any atom is -0.0322 e. The van der Waals surface area contributed by atoms with Crippen molar-refractivity contribution >= 4 is 0 Å². The lowest BCUT2D eigenvalue weighted by Gasteiger charge is -2.39. The zero-order chi connectivity index (χ0) is 14.5. The van der Waals surface area contributed by atoms with E-state index < -0.39 is 0 Å². The monoisotopic (exact) mass is 252 g/mol. The standard InChI is InChI=1S/C18H36/c1-13(2)10-11-15(5)12-18(8,9)17(7)16(6)14(3)4/h10,14-17H,11-12H2,1-9H3. The van der Waals surface area contributed by atoms with Crippen molar-refractivity contribution in [2.45, 2.75) is 75.2 Å². The molecule has 0 radical (unpaired) electrons. The SMILES string of the molecule is CC(C)=CCC(C)CC(C)(C)C(C)C(C)C(C)C. The van der Waals surface area contributed by atoms with Crippen molar-refractivity contribution in [1.29, 1.82) is 0 Å². The highest BCUT2D eigenvalue weighted by atomic mass is 14.4. The Hall–Kier alpha value is -0.260. The third kappa shape index (κ3) is 6.07. The fourth-order valence-electron chi connectivity index (χ4n) is 2.89. The van der Waals surface area contributed by atoms with Gasteiger partial charge in [0.2, 0.25) is 0 Å². The molecule has 0 aliphatic carbocycles. The van der Waals surface area contributed by atoms with Gasteiger partial charge >= 0.3 is 0 Å². The lowest BCUT2D eigenvalue weighted by molar-refractivity contribution is 0.107. The van der Waals surface area contributed by atoms with E-state index in [0.717, 1.165) is 23.7 Å². The van der Waals surface area contributed by atoms with Crippen LogP contribution in [-0.2, 0) is 0 Å². The molecule has 0 nitrogen and oxygen atoms in total. The molecule has 0 rings (SSSR count). The fourth-order valence-corrected chi connectivity index (χ4v) is 2.89. The Morgan fingerprint density at radius 1 is 1.00 bits per heavy atom. The van der Waals surface area contributed by atoms with Crippen LogP contribution >= 0.6 is 0 Å². The van der Waals surface area contributed by atoms with Crippen LogP contribution in [0.25, 0.3) is 0 Å². The minimum atomic E-state index is 0.443. The number of allylic oxidation sites excluding steroid dienone is 2. The molecule has 0 aliphatic heterocycles. The molecule has 0 aromatic carbocycles. The van der Waals surface area contributed by atoms with Gasteiger partial charge in [-0.1, -0.05) is 60.1 Å². The van der Waals surface area contributed by atoms with Gasteiger partial charge in [-0.25, -0.2) is 0 Å². The minimum absolute atomic E-state index is 0.443. The smallest absolute Gasteiger partial charge is 0.0322 e. The first-order chi connectivity index (χ1) is 8.08. The molecule has 18 heavy (non-hydrogen) atoms. The lowest BCUT2D eigenvalue weighted by Crippen LogP contribution is -2.31. The van der Waals surface area contributed by atoms with Gasteiger partial charge in [0.25, 0.3) is 0 Å². The summed E-state index contributed by atoms with van der Waals surface area (Å²) in [7, 11) is 0.